The second-order valence-electron chi connectivity index (χ2n) is 10.9. The fraction of sp³-hybridized carbons (Fsp3) is 0.517. The monoisotopic (exact) mass is 605 g/mol. The molecule has 3 aliphatic heterocycles. The number of imidazole rings is 1. The van der Waals surface area contributed by atoms with Crippen LogP contribution in [0.3, 0.4) is 0 Å². The van der Waals surface area contributed by atoms with Crippen molar-refractivity contribution in [3.63, 3.8) is 0 Å². The van der Waals surface area contributed by atoms with Gasteiger partial charge in [-0.2, -0.15) is 4.98 Å². The second kappa shape index (κ2) is 12.3. The van der Waals surface area contributed by atoms with Crippen molar-refractivity contribution in [2.45, 2.75) is 56.1 Å². The molecule has 3 aromatic rings. The van der Waals surface area contributed by atoms with Crippen LogP contribution in [0.1, 0.15) is 31.2 Å². The first-order valence-corrected chi connectivity index (χ1v) is 14.6. The number of ether oxygens (including phenoxy) is 4. The van der Waals surface area contributed by atoms with Crippen LogP contribution in [0.2, 0.25) is 5.02 Å². The molecule has 3 N–H and O–H groups in total. The lowest BCUT2D eigenvalue weighted by Gasteiger charge is -2.28. The van der Waals surface area contributed by atoms with Crippen LogP contribution in [0, 0.1) is 11.6 Å². The van der Waals surface area contributed by atoms with Crippen LogP contribution in [0.15, 0.2) is 30.9 Å². The Hall–Kier alpha value is -3.03. The molecule has 42 heavy (non-hydrogen) atoms. The molecule has 0 radical (unpaired) electrons. The van der Waals surface area contributed by atoms with E-state index < -0.39 is 35.5 Å². The van der Waals surface area contributed by atoms with E-state index in [1.54, 1.807) is 12.1 Å². The second-order valence-corrected chi connectivity index (χ2v) is 11.3. The van der Waals surface area contributed by atoms with Gasteiger partial charge in [-0.15, -0.1) is 0 Å². The van der Waals surface area contributed by atoms with Gasteiger partial charge in [-0.25, -0.2) is 13.8 Å². The number of H-pyrrole nitrogens is 1. The Bertz CT molecular complexity index is 1410. The number of aromatic nitrogens is 3. The van der Waals surface area contributed by atoms with Gasteiger partial charge >= 0.3 is 0 Å². The van der Waals surface area contributed by atoms with Crippen molar-refractivity contribution in [2.75, 3.05) is 44.8 Å². The van der Waals surface area contributed by atoms with Gasteiger partial charge in [0, 0.05) is 30.8 Å². The van der Waals surface area contributed by atoms with Gasteiger partial charge in [-0.05, 0) is 38.4 Å². The maximum Gasteiger partial charge on any atom is 0.296 e. The summed E-state index contributed by atoms with van der Waals surface area (Å²) in [6.45, 7) is 7.42. The average molecular weight is 606 g/mol. The minimum Gasteiger partial charge on any atom is -0.493 e. The van der Waals surface area contributed by atoms with E-state index in [9.17, 15) is 13.9 Å². The molecule has 3 fully saturated rings. The summed E-state index contributed by atoms with van der Waals surface area (Å²) in [5.74, 6) is -1.10. The third kappa shape index (κ3) is 5.78. The van der Waals surface area contributed by atoms with Crippen molar-refractivity contribution in [3.8, 4) is 11.8 Å². The molecule has 0 bridgehead atoms. The van der Waals surface area contributed by atoms with Gasteiger partial charge in [0.25, 0.3) is 6.01 Å². The molecular formula is C29H34ClF2N5O5. The average Bonchev–Trinajstić information content (AvgIpc) is 3.64. The number of anilines is 1. The minimum absolute atomic E-state index is 0.110. The summed E-state index contributed by atoms with van der Waals surface area (Å²) in [6, 6.07) is 4.12. The van der Waals surface area contributed by atoms with Gasteiger partial charge in [0.2, 0.25) is 0 Å². The summed E-state index contributed by atoms with van der Waals surface area (Å²) in [4.78, 5) is 14.2. The first kappa shape index (κ1) is 29.1. The lowest BCUT2D eigenvalue weighted by molar-refractivity contribution is -0.0324. The molecule has 2 aromatic heterocycles. The number of nitrogens with one attached hydrogen (secondary N) is 2. The van der Waals surface area contributed by atoms with Gasteiger partial charge in [-0.3, -0.25) is 0 Å². The summed E-state index contributed by atoms with van der Waals surface area (Å²) in [6.07, 6.45) is 4.12. The summed E-state index contributed by atoms with van der Waals surface area (Å²) >= 11 is 6.41. The Morgan fingerprint density at radius 3 is 2.74 bits per heavy atom. The summed E-state index contributed by atoms with van der Waals surface area (Å²) in [5.41, 5.74) is -0.390. The van der Waals surface area contributed by atoms with E-state index in [1.807, 2.05) is 0 Å². The van der Waals surface area contributed by atoms with Crippen molar-refractivity contribution < 1.29 is 32.8 Å². The summed E-state index contributed by atoms with van der Waals surface area (Å²) in [5, 5.41) is 13.3. The van der Waals surface area contributed by atoms with Gasteiger partial charge in [0.15, 0.2) is 17.4 Å². The molecule has 0 saturated carbocycles. The lowest BCUT2D eigenvalue weighted by atomic mass is 9.92. The van der Waals surface area contributed by atoms with Crippen molar-refractivity contribution in [1.29, 1.82) is 0 Å². The molecule has 6 rings (SSSR count). The van der Waals surface area contributed by atoms with Crippen LogP contribution in [0.25, 0.3) is 11.2 Å². The van der Waals surface area contributed by atoms with E-state index in [0.717, 1.165) is 26.1 Å². The molecule has 5 heterocycles. The SMILES string of the molecule is C=C[C@]12OC[C@@H](O)[C@H]1OC[C@H]2Oc1nc2nc(NCc3c(F)cc(OCCCN4CCCCC4)cc3F)c(Cl)cc2[nH]1. The van der Waals surface area contributed by atoms with Crippen LogP contribution in [-0.2, 0) is 16.0 Å². The standard InChI is InChI=1S/C29H34ClF2N5O5/c1-2-29-24(16-40-25(29)23(38)15-41-29)42-28-34-22-13-19(30)26(35-27(22)36-28)33-14-18-20(31)11-17(12-21(18)32)39-10-6-9-37-7-4-3-5-8-37/h2,11-13,23-25,38H,1,3-10,14-16H2,(H2,33,34,35,36)/t23-,24-,25-,29-/m1/s1. The number of benzene rings is 1. The van der Waals surface area contributed by atoms with Crippen molar-refractivity contribution in [2.24, 2.45) is 0 Å². The largest absolute Gasteiger partial charge is 0.493 e. The molecule has 0 amide bonds. The quantitative estimate of drug-likeness (QED) is 0.218. The maximum atomic E-state index is 14.8. The molecule has 0 unspecified atom stereocenters. The van der Waals surface area contributed by atoms with Crippen molar-refractivity contribution in [1.82, 2.24) is 19.9 Å². The molecule has 10 nitrogen and oxygen atoms in total. The zero-order chi connectivity index (χ0) is 29.3. The van der Waals surface area contributed by atoms with Gasteiger partial charge in [0.1, 0.15) is 35.4 Å². The Balaban J connectivity index is 1.07. The Kier molecular flexibility index (Phi) is 8.51. The number of aliphatic hydroxyl groups is 1. The third-order valence-corrected chi connectivity index (χ3v) is 8.38. The maximum absolute atomic E-state index is 14.8. The zero-order valence-corrected chi connectivity index (χ0v) is 23.8. The summed E-state index contributed by atoms with van der Waals surface area (Å²) < 4.78 is 52.8. The molecule has 13 heteroatoms. The highest BCUT2D eigenvalue weighted by Crippen LogP contribution is 2.40. The van der Waals surface area contributed by atoms with E-state index in [0.29, 0.717) is 12.1 Å². The number of aliphatic hydroxyl groups excluding tert-OH is 1. The van der Waals surface area contributed by atoms with Crippen molar-refractivity contribution >= 4 is 28.6 Å². The smallest absolute Gasteiger partial charge is 0.296 e. The van der Waals surface area contributed by atoms with E-state index in [2.05, 4.69) is 31.7 Å². The Labute approximate surface area is 247 Å². The normalized spacial score (nSPS) is 26.0. The number of fused-ring (bicyclic) bond motifs is 2. The lowest BCUT2D eigenvalue weighted by Crippen LogP contribution is -2.47. The van der Waals surface area contributed by atoms with Crippen LogP contribution in [0.4, 0.5) is 14.6 Å². The zero-order valence-electron chi connectivity index (χ0n) is 23.1. The van der Waals surface area contributed by atoms with Crippen LogP contribution < -0.4 is 14.8 Å². The van der Waals surface area contributed by atoms with Gasteiger partial charge in [0.05, 0.1) is 30.4 Å². The molecule has 1 aromatic carbocycles. The topological polar surface area (TPSA) is 114 Å². The molecule has 0 spiro atoms. The fourth-order valence-electron chi connectivity index (χ4n) is 5.85. The first-order valence-electron chi connectivity index (χ1n) is 14.2. The molecule has 3 saturated heterocycles. The highest BCUT2D eigenvalue weighted by molar-refractivity contribution is 6.33. The van der Waals surface area contributed by atoms with Crippen LogP contribution in [-0.4, -0.2) is 88.3 Å². The van der Waals surface area contributed by atoms with E-state index in [1.165, 1.54) is 31.4 Å². The molecular weight excluding hydrogens is 572 g/mol. The third-order valence-electron chi connectivity index (χ3n) is 8.09. The Morgan fingerprint density at radius 2 is 1.98 bits per heavy atom. The van der Waals surface area contributed by atoms with Crippen molar-refractivity contribution in [3.05, 3.63) is 53.1 Å². The predicted octanol–water partition coefficient (Wildman–Crippen LogP) is 4.22. The van der Waals surface area contributed by atoms with Gasteiger partial charge in [-0.1, -0.05) is 30.7 Å². The molecule has 0 aliphatic carbocycles. The number of nitrogens with zero attached hydrogens (tertiary/aromatic N) is 3. The number of pyridine rings is 1. The number of rotatable bonds is 11. The number of halogens is 3. The number of hydrogen-bond acceptors (Lipinski definition) is 9. The number of hydrogen-bond donors (Lipinski definition) is 3. The highest BCUT2D eigenvalue weighted by atomic mass is 35.5. The molecule has 3 aliphatic rings. The minimum atomic E-state index is -1.00. The highest BCUT2D eigenvalue weighted by Gasteiger charge is 2.59. The Morgan fingerprint density at radius 1 is 1.19 bits per heavy atom. The fourth-order valence-corrected chi connectivity index (χ4v) is 6.07. The van der Waals surface area contributed by atoms with Gasteiger partial charge < -0.3 is 39.3 Å². The molecule has 4 atom stereocenters. The first-order chi connectivity index (χ1) is 20.4. The summed E-state index contributed by atoms with van der Waals surface area (Å²) in [7, 11) is 0. The van der Waals surface area contributed by atoms with Crippen LogP contribution >= 0.6 is 11.6 Å². The number of aromatic amines is 1. The van der Waals surface area contributed by atoms with E-state index in [4.69, 9.17) is 30.5 Å². The van der Waals surface area contributed by atoms with Crippen LogP contribution in [0.5, 0.6) is 11.8 Å². The molecule has 226 valence electrons. The number of likely N-dealkylation sites (tertiary alicyclic amines) is 1. The predicted molar refractivity (Wildman–Crippen MR) is 152 cm³/mol. The van der Waals surface area contributed by atoms with E-state index in [-0.39, 0.29) is 53.6 Å². The number of piperidine rings is 1. The van der Waals surface area contributed by atoms with E-state index >= 15 is 0 Å².